The second-order valence-electron chi connectivity index (χ2n) is 9.96. The normalized spacial score (nSPS) is 17.9. The van der Waals surface area contributed by atoms with E-state index in [1.54, 1.807) is 23.7 Å². The number of likely N-dealkylation sites (tertiary alicyclic amines) is 1. The van der Waals surface area contributed by atoms with Gasteiger partial charge in [-0.15, -0.1) is 0 Å². The molecule has 3 heterocycles. The lowest BCUT2D eigenvalue weighted by Crippen LogP contribution is -2.51. The van der Waals surface area contributed by atoms with Crippen LogP contribution in [0.5, 0.6) is 5.75 Å². The molecule has 2 aliphatic rings. The van der Waals surface area contributed by atoms with E-state index in [1.807, 2.05) is 24.3 Å². The van der Waals surface area contributed by atoms with Gasteiger partial charge < -0.3 is 19.6 Å². The lowest BCUT2D eigenvalue weighted by atomic mass is 9.86. The molecule has 0 atom stereocenters. The molecular weight excluding hydrogens is 448 g/mol. The van der Waals surface area contributed by atoms with Crippen molar-refractivity contribution in [3.05, 3.63) is 47.1 Å². The first kappa shape index (κ1) is 23.3. The summed E-state index contributed by atoms with van der Waals surface area (Å²) in [4.78, 5) is 33.1. The van der Waals surface area contributed by atoms with Crippen LogP contribution in [0.2, 0.25) is 0 Å². The van der Waals surface area contributed by atoms with Gasteiger partial charge in [-0.05, 0) is 55.9 Å². The molecule has 2 fully saturated rings. The van der Waals surface area contributed by atoms with Gasteiger partial charge in [-0.3, -0.25) is 9.36 Å². The lowest BCUT2D eigenvalue weighted by molar-refractivity contribution is -0.0282. The number of urea groups is 1. The predicted octanol–water partition coefficient (Wildman–Crippen LogP) is 2.27. The Hall–Kier alpha value is -3.40. The molecule has 35 heavy (non-hydrogen) atoms. The molecular formula is C25H32N6O4. The van der Waals surface area contributed by atoms with Crippen molar-refractivity contribution in [1.29, 1.82) is 0 Å². The number of aliphatic hydroxyl groups is 1. The molecule has 1 saturated heterocycles. The molecule has 1 aromatic carbocycles. The van der Waals surface area contributed by atoms with E-state index in [-0.39, 0.29) is 18.1 Å². The van der Waals surface area contributed by atoms with E-state index in [0.717, 1.165) is 18.0 Å². The highest BCUT2D eigenvalue weighted by atomic mass is 16.5. The number of ether oxygens (including phenoxy) is 1. The van der Waals surface area contributed by atoms with E-state index >= 15 is 0 Å². The molecule has 3 aromatic rings. The van der Waals surface area contributed by atoms with E-state index in [1.165, 1.54) is 41.3 Å². The van der Waals surface area contributed by atoms with Gasteiger partial charge in [0, 0.05) is 27.2 Å². The van der Waals surface area contributed by atoms with Crippen LogP contribution < -0.4 is 10.3 Å². The van der Waals surface area contributed by atoms with E-state index in [4.69, 9.17) is 4.74 Å². The maximum Gasteiger partial charge on any atom is 0.319 e. The number of piperidine rings is 1. The molecule has 2 amide bonds. The number of amides is 2. The molecule has 186 valence electrons. The Kier molecular flexibility index (Phi) is 6.22. The standard InChI is InChI=1S/C25H32N6O4/c1-28(2)24(33)29-12-10-25(34,11-13-29)16-30-17-26-22-21(23(30)32)14-27-31(22)19-6-8-20(9-7-19)35-15-18-4-3-5-18/h6-9,14,17-18,34H,3-5,10-13,15-16H2,1-2H3. The molecule has 1 N–H and O–H groups in total. The van der Waals surface area contributed by atoms with Crippen LogP contribution in [0.25, 0.3) is 16.7 Å². The number of hydrogen-bond donors (Lipinski definition) is 1. The maximum absolute atomic E-state index is 13.2. The molecule has 1 saturated carbocycles. The van der Waals surface area contributed by atoms with Crippen LogP contribution in [0, 0.1) is 5.92 Å². The summed E-state index contributed by atoms with van der Waals surface area (Å²) in [5.41, 5.74) is -0.0694. The Labute approximate surface area is 203 Å². The molecule has 0 bridgehead atoms. The molecule has 2 aromatic heterocycles. The van der Waals surface area contributed by atoms with Gasteiger partial charge in [-0.25, -0.2) is 14.5 Å². The van der Waals surface area contributed by atoms with Crippen molar-refractivity contribution >= 4 is 17.1 Å². The van der Waals surface area contributed by atoms with Crippen molar-refractivity contribution in [1.82, 2.24) is 29.1 Å². The first-order valence-electron chi connectivity index (χ1n) is 12.2. The summed E-state index contributed by atoms with van der Waals surface area (Å²) in [6, 6.07) is 7.55. The molecule has 10 nitrogen and oxygen atoms in total. The Morgan fingerprint density at radius 2 is 1.91 bits per heavy atom. The first-order valence-corrected chi connectivity index (χ1v) is 12.2. The SMILES string of the molecule is CN(C)C(=O)N1CCC(O)(Cn2cnc3c(cnn3-c3ccc(OCC4CCC4)cc3)c2=O)CC1. The summed E-state index contributed by atoms with van der Waals surface area (Å²) in [7, 11) is 3.42. The average Bonchev–Trinajstić information content (AvgIpc) is 3.25. The molecule has 0 radical (unpaired) electrons. The van der Waals surface area contributed by atoms with Crippen molar-refractivity contribution in [2.75, 3.05) is 33.8 Å². The van der Waals surface area contributed by atoms with Crippen LogP contribution in [-0.4, -0.2) is 79.7 Å². The number of aromatic nitrogens is 4. The maximum atomic E-state index is 13.2. The third-order valence-electron chi connectivity index (χ3n) is 7.16. The molecule has 10 heteroatoms. The molecule has 5 rings (SSSR count). The van der Waals surface area contributed by atoms with Gasteiger partial charge in [0.2, 0.25) is 0 Å². The number of carbonyl (C=O) groups excluding carboxylic acids is 1. The van der Waals surface area contributed by atoms with E-state index in [0.29, 0.717) is 42.9 Å². The van der Waals surface area contributed by atoms with Crippen LogP contribution in [0.1, 0.15) is 32.1 Å². The second kappa shape index (κ2) is 9.33. The van der Waals surface area contributed by atoms with Crippen molar-refractivity contribution < 1.29 is 14.6 Å². The Morgan fingerprint density at radius 3 is 2.54 bits per heavy atom. The predicted molar refractivity (Wildman–Crippen MR) is 131 cm³/mol. The monoisotopic (exact) mass is 480 g/mol. The summed E-state index contributed by atoms with van der Waals surface area (Å²) < 4.78 is 8.95. The first-order chi connectivity index (χ1) is 16.8. The highest BCUT2D eigenvalue weighted by molar-refractivity contribution is 5.75. The summed E-state index contributed by atoms with van der Waals surface area (Å²) >= 11 is 0. The second-order valence-corrected chi connectivity index (χ2v) is 9.96. The van der Waals surface area contributed by atoms with Gasteiger partial charge in [0.05, 0.1) is 30.6 Å². The smallest absolute Gasteiger partial charge is 0.319 e. The third-order valence-corrected chi connectivity index (χ3v) is 7.16. The average molecular weight is 481 g/mol. The number of nitrogens with zero attached hydrogens (tertiary/aromatic N) is 6. The number of carbonyl (C=O) groups is 1. The fourth-order valence-electron chi connectivity index (χ4n) is 4.68. The highest BCUT2D eigenvalue weighted by Gasteiger charge is 2.35. The minimum Gasteiger partial charge on any atom is -0.493 e. The quantitative estimate of drug-likeness (QED) is 0.580. The van der Waals surface area contributed by atoms with Crippen LogP contribution in [-0.2, 0) is 6.54 Å². The zero-order valence-corrected chi connectivity index (χ0v) is 20.3. The minimum atomic E-state index is -1.08. The Bertz CT molecular complexity index is 1250. The van der Waals surface area contributed by atoms with Gasteiger partial charge in [-0.2, -0.15) is 5.10 Å². The van der Waals surface area contributed by atoms with Gasteiger partial charge >= 0.3 is 6.03 Å². The summed E-state index contributed by atoms with van der Waals surface area (Å²) in [6.45, 7) is 1.75. The van der Waals surface area contributed by atoms with Gasteiger partial charge in [0.1, 0.15) is 17.5 Å². The largest absolute Gasteiger partial charge is 0.493 e. The zero-order valence-electron chi connectivity index (χ0n) is 20.3. The van der Waals surface area contributed by atoms with E-state index in [9.17, 15) is 14.7 Å². The molecule has 1 aliphatic carbocycles. The number of rotatable bonds is 6. The fraction of sp³-hybridized carbons (Fsp3) is 0.520. The lowest BCUT2D eigenvalue weighted by Gasteiger charge is -2.39. The third kappa shape index (κ3) is 4.75. The summed E-state index contributed by atoms with van der Waals surface area (Å²) in [5, 5.41) is 15.9. The van der Waals surface area contributed by atoms with Gasteiger partial charge in [-0.1, -0.05) is 6.42 Å². The molecule has 1 aliphatic heterocycles. The van der Waals surface area contributed by atoms with E-state index in [2.05, 4.69) is 10.1 Å². The fourth-order valence-corrected chi connectivity index (χ4v) is 4.68. The van der Waals surface area contributed by atoms with E-state index < -0.39 is 5.60 Å². The Morgan fingerprint density at radius 1 is 1.20 bits per heavy atom. The van der Waals surface area contributed by atoms with Crippen molar-refractivity contribution in [2.24, 2.45) is 5.92 Å². The van der Waals surface area contributed by atoms with Crippen molar-refractivity contribution in [3.8, 4) is 11.4 Å². The summed E-state index contributed by atoms with van der Waals surface area (Å²) in [5.74, 6) is 1.49. The van der Waals surface area contributed by atoms with Crippen LogP contribution in [0.4, 0.5) is 4.79 Å². The minimum absolute atomic E-state index is 0.0716. The molecule has 0 unspecified atom stereocenters. The van der Waals surface area contributed by atoms with Crippen LogP contribution >= 0.6 is 0 Å². The number of benzene rings is 1. The van der Waals surface area contributed by atoms with Gasteiger partial charge in [0.15, 0.2) is 5.65 Å². The highest BCUT2D eigenvalue weighted by Crippen LogP contribution is 2.28. The topological polar surface area (TPSA) is 106 Å². The zero-order chi connectivity index (χ0) is 24.6. The Balaban J connectivity index is 1.29. The van der Waals surface area contributed by atoms with Crippen LogP contribution in [0.3, 0.4) is 0 Å². The van der Waals surface area contributed by atoms with Crippen molar-refractivity contribution in [3.63, 3.8) is 0 Å². The van der Waals surface area contributed by atoms with Crippen molar-refractivity contribution in [2.45, 2.75) is 44.2 Å². The summed E-state index contributed by atoms with van der Waals surface area (Å²) in [6.07, 6.45) is 7.55. The van der Waals surface area contributed by atoms with Crippen LogP contribution in [0.15, 0.2) is 41.6 Å². The van der Waals surface area contributed by atoms with Gasteiger partial charge in [0.25, 0.3) is 5.56 Å². The number of hydrogen-bond acceptors (Lipinski definition) is 6. The molecule has 0 spiro atoms. The number of fused-ring (bicyclic) bond motifs is 1.